The van der Waals surface area contributed by atoms with Gasteiger partial charge >= 0.3 is 0 Å². The standard InChI is InChI=1S/C11H14N2O2/c1-3-13-7-11(6-12-13)14-8-10-5-4-9(2)15-10/h4-7H,3,8H2,1-2H3. The molecule has 0 fully saturated rings. The Hall–Kier alpha value is -1.71. The zero-order chi connectivity index (χ0) is 10.7. The Labute approximate surface area is 88.5 Å². The van der Waals surface area contributed by atoms with Crippen molar-refractivity contribution in [3.8, 4) is 5.75 Å². The maximum atomic E-state index is 5.51. The Kier molecular flexibility index (Phi) is 2.76. The molecule has 0 unspecified atom stereocenters. The minimum Gasteiger partial charge on any atom is -0.482 e. The van der Waals surface area contributed by atoms with E-state index in [0.29, 0.717) is 6.61 Å². The molecular formula is C11H14N2O2. The van der Waals surface area contributed by atoms with Gasteiger partial charge in [-0.15, -0.1) is 0 Å². The molecule has 0 aliphatic carbocycles. The topological polar surface area (TPSA) is 40.2 Å². The highest BCUT2D eigenvalue weighted by Crippen LogP contribution is 2.12. The van der Waals surface area contributed by atoms with Crippen molar-refractivity contribution in [1.82, 2.24) is 9.78 Å². The Balaban J connectivity index is 1.93. The summed E-state index contributed by atoms with van der Waals surface area (Å²) in [4.78, 5) is 0. The Morgan fingerprint density at radius 2 is 2.33 bits per heavy atom. The number of rotatable bonds is 4. The minimum atomic E-state index is 0.448. The van der Waals surface area contributed by atoms with Crippen LogP contribution in [0.25, 0.3) is 0 Å². The van der Waals surface area contributed by atoms with Crippen LogP contribution in [-0.2, 0) is 13.2 Å². The number of ether oxygens (including phenoxy) is 1. The van der Waals surface area contributed by atoms with Crippen LogP contribution in [-0.4, -0.2) is 9.78 Å². The van der Waals surface area contributed by atoms with E-state index in [1.54, 1.807) is 6.20 Å². The molecule has 0 aliphatic rings. The fourth-order valence-electron chi connectivity index (χ4n) is 1.31. The van der Waals surface area contributed by atoms with E-state index in [0.717, 1.165) is 23.8 Å². The molecule has 2 rings (SSSR count). The molecule has 0 saturated carbocycles. The van der Waals surface area contributed by atoms with Crippen molar-refractivity contribution in [3.05, 3.63) is 36.0 Å². The summed E-state index contributed by atoms with van der Waals surface area (Å²) in [5, 5.41) is 4.11. The van der Waals surface area contributed by atoms with Crippen LogP contribution >= 0.6 is 0 Å². The molecule has 0 saturated heterocycles. The molecule has 0 bridgehead atoms. The van der Waals surface area contributed by atoms with Gasteiger partial charge in [-0.1, -0.05) is 0 Å². The summed E-state index contributed by atoms with van der Waals surface area (Å²) in [6.07, 6.45) is 3.58. The lowest BCUT2D eigenvalue weighted by atomic mass is 10.4. The zero-order valence-electron chi connectivity index (χ0n) is 8.93. The minimum absolute atomic E-state index is 0.448. The number of hydrogen-bond acceptors (Lipinski definition) is 3. The Morgan fingerprint density at radius 1 is 1.47 bits per heavy atom. The molecule has 4 heteroatoms. The molecule has 0 radical (unpaired) electrons. The molecule has 2 heterocycles. The van der Waals surface area contributed by atoms with Crippen LogP contribution in [0.4, 0.5) is 0 Å². The van der Waals surface area contributed by atoms with Gasteiger partial charge in [0.25, 0.3) is 0 Å². The maximum Gasteiger partial charge on any atom is 0.157 e. The van der Waals surface area contributed by atoms with E-state index in [-0.39, 0.29) is 0 Å². The first-order chi connectivity index (χ1) is 7.28. The molecule has 0 atom stereocenters. The normalized spacial score (nSPS) is 10.5. The van der Waals surface area contributed by atoms with Gasteiger partial charge in [-0.25, -0.2) is 0 Å². The highest BCUT2D eigenvalue weighted by Gasteiger charge is 2.01. The van der Waals surface area contributed by atoms with Crippen LogP contribution in [0.2, 0.25) is 0 Å². The Bertz CT molecular complexity index is 431. The molecule has 0 aliphatic heterocycles. The quantitative estimate of drug-likeness (QED) is 0.771. The molecule has 2 aromatic heterocycles. The van der Waals surface area contributed by atoms with Crippen LogP contribution < -0.4 is 4.74 Å². The summed E-state index contributed by atoms with van der Waals surface area (Å²) in [5.74, 6) is 2.50. The third kappa shape index (κ3) is 2.40. The first-order valence-corrected chi connectivity index (χ1v) is 4.98. The van der Waals surface area contributed by atoms with Crippen molar-refractivity contribution in [2.45, 2.75) is 27.0 Å². The van der Waals surface area contributed by atoms with E-state index >= 15 is 0 Å². The number of aryl methyl sites for hydroxylation is 2. The van der Waals surface area contributed by atoms with E-state index in [1.807, 2.05) is 36.9 Å². The van der Waals surface area contributed by atoms with E-state index in [1.165, 1.54) is 0 Å². The van der Waals surface area contributed by atoms with Crippen LogP contribution in [0.15, 0.2) is 28.9 Å². The summed E-state index contributed by atoms with van der Waals surface area (Å²) in [7, 11) is 0. The third-order valence-corrected chi connectivity index (χ3v) is 2.11. The lowest BCUT2D eigenvalue weighted by Gasteiger charge is -1.99. The molecule has 80 valence electrons. The average Bonchev–Trinajstić information content (AvgIpc) is 2.83. The highest BCUT2D eigenvalue weighted by atomic mass is 16.5. The summed E-state index contributed by atoms with van der Waals surface area (Å²) in [6, 6.07) is 3.84. The summed E-state index contributed by atoms with van der Waals surface area (Å²) >= 11 is 0. The molecule has 2 aromatic rings. The molecule has 0 spiro atoms. The number of furan rings is 1. The zero-order valence-corrected chi connectivity index (χ0v) is 8.93. The van der Waals surface area contributed by atoms with E-state index in [4.69, 9.17) is 9.15 Å². The molecule has 4 nitrogen and oxygen atoms in total. The van der Waals surface area contributed by atoms with Crippen LogP contribution in [0.1, 0.15) is 18.4 Å². The molecular weight excluding hydrogens is 192 g/mol. The van der Waals surface area contributed by atoms with Crippen molar-refractivity contribution in [2.75, 3.05) is 0 Å². The second kappa shape index (κ2) is 4.21. The molecule has 15 heavy (non-hydrogen) atoms. The second-order valence-electron chi connectivity index (χ2n) is 3.33. The highest BCUT2D eigenvalue weighted by molar-refractivity contribution is 5.13. The maximum absolute atomic E-state index is 5.51. The van der Waals surface area contributed by atoms with E-state index in [2.05, 4.69) is 5.10 Å². The van der Waals surface area contributed by atoms with E-state index < -0.39 is 0 Å². The molecule has 0 aromatic carbocycles. The Morgan fingerprint density at radius 3 is 2.93 bits per heavy atom. The predicted molar refractivity (Wildman–Crippen MR) is 55.7 cm³/mol. The van der Waals surface area contributed by atoms with Gasteiger partial charge in [0.2, 0.25) is 0 Å². The van der Waals surface area contributed by atoms with Gasteiger partial charge in [-0.05, 0) is 26.0 Å². The fraction of sp³-hybridized carbons (Fsp3) is 0.364. The predicted octanol–water partition coefficient (Wildman–Crippen LogP) is 2.38. The largest absolute Gasteiger partial charge is 0.482 e. The van der Waals surface area contributed by atoms with Gasteiger partial charge in [0.1, 0.15) is 18.1 Å². The molecule has 0 amide bonds. The van der Waals surface area contributed by atoms with Crippen molar-refractivity contribution >= 4 is 0 Å². The number of nitrogens with zero attached hydrogens (tertiary/aromatic N) is 2. The lowest BCUT2D eigenvalue weighted by molar-refractivity contribution is 0.267. The summed E-state index contributed by atoms with van der Waals surface area (Å²) < 4.78 is 12.7. The van der Waals surface area contributed by atoms with Gasteiger partial charge in [0, 0.05) is 6.54 Å². The lowest BCUT2D eigenvalue weighted by Crippen LogP contribution is -1.94. The van der Waals surface area contributed by atoms with Crippen molar-refractivity contribution < 1.29 is 9.15 Å². The van der Waals surface area contributed by atoms with Crippen LogP contribution in [0, 0.1) is 6.92 Å². The van der Waals surface area contributed by atoms with Crippen molar-refractivity contribution in [2.24, 2.45) is 0 Å². The smallest absolute Gasteiger partial charge is 0.157 e. The van der Waals surface area contributed by atoms with Gasteiger partial charge in [-0.3, -0.25) is 4.68 Å². The monoisotopic (exact) mass is 206 g/mol. The number of aromatic nitrogens is 2. The summed E-state index contributed by atoms with van der Waals surface area (Å²) in [6.45, 7) is 5.25. The fourth-order valence-corrected chi connectivity index (χ4v) is 1.31. The first kappa shape index (κ1) is 9.83. The number of hydrogen-bond donors (Lipinski definition) is 0. The summed E-state index contributed by atoms with van der Waals surface area (Å²) in [5.41, 5.74) is 0. The second-order valence-corrected chi connectivity index (χ2v) is 3.33. The first-order valence-electron chi connectivity index (χ1n) is 4.98. The average molecular weight is 206 g/mol. The van der Waals surface area contributed by atoms with Gasteiger partial charge < -0.3 is 9.15 Å². The van der Waals surface area contributed by atoms with Crippen LogP contribution in [0.5, 0.6) is 5.75 Å². The van der Waals surface area contributed by atoms with Gasteiger partial charge in [-0.2, -0.15) is 5.10 Å². The van der Waals surface area contributed by atoms with Gasteiger partial charge in [0.05, 0.1) is 12.4 Å². The van der Waals surface area contributed by atoms with Gasteiger partial charge in [0.15, 0.2) is 5.75 Å². The SMILES string of the molecule is CCn1cc(OCc2ccc(C)o2)cn1. The molecule has 0 N–H and O–H groups in total. The van der Waals surface area contributed by atoms with Crippen molar-refractivity contribution in [1.29, 1.82) is 0 Å². The third-order valence-electron chi connectivity index (χ3n) is 2.11. The van der Waals surface area contributed by atoms with E-state index in [9.17, 15) is 0 Å². The van der Waals surface area contributed by atoms with Crippen molar-refractivity contribution in [3.63, 3.8) is 0 Å². The van der Waals surface area contributed by atoms with Crippen LogP contribution in [0.3, 0.4) is 0 Å².